The third kappa shape index (κ3) is 3.82. The second-order valence-corrected chi connectivity index (χ2v) is 8.40. The number of halogens is 1. The molecule has 1 N–H and O–H groups in total. The Kier molecular flexibility index (Phi) is 5.21. The molecule has 1 unspecified atom stereocenters. The topological polar surface area (TPSA) is 70.7 Å². The van der Waals surface area contributed by atoms with Crippen LogP contribution in [0.1, 0.15) is 24.7 Å². The van der Waals surface area contributed by atoms with Gasteiger partial charge in [-0.1, -0.05) is 24.2 Å². The predicted molar refractivity (Wildman–Crippen MR) is 108 cm³/mol. The van der Waals surface area contributed by atoms with Gasteiger partial charge in [0.05, 0.1) is 18.0 Å². The Hall–Kier alpha value is -2.61. The number of aromatic nitrogens is 1. The predicted octanol–water partition coefficient (Wildman–Crippen LogP) is 3.20. The average Bonchev–Trinajstić information content (AvgIpc) is 3.41. The van der Waals surface area contributed by atoms with Gasteiger partial charge in [0, 0.05) is 36.0 Å². The number of thioether (sulfide) groups is 1. The van der Waals surface area contributed by atoms with Gasteiger partial charge in [0.1, 0.15) is 17.3 Å². The summed E-state index contributed by atoms with van der Waals surface area (Å²) in [6, 6.07) is 6.63. The van der Waals surface area contributed by atoms with Crippen molar-refractivity contribution in [1.82, 2.24) is 15.4 Å². The Morgan fingerprint density at radius 1 is 1.43 bits per heavy atom. The van der Waals surface area contributed by atoms with E-state index in [1.807, 2.05) is 24.1 Å². The maximum Gasteiger partial charge on any atom is 0.257 e. The van der Waals surface area contributed by atoms with Gasteiger partial charge in [-0.25, -0.2) is 4.39 Å². The van der Waals surface area contributed by atoms with Gasteiger partial charge in [-0.2, -0.15) is 0 Å². The van der Waals surface area contributed by atoms with Gasteiger partial charge in [-0.05, 0) is 18.6 Å². The summed E-state index contributed by atoms with van der Waals surface area (Å²) >= 11 is 1.56. The highest BCUT2D eigenvalue weighted by Crippen LogP contribution is 2.31. The minimum Gasteiger partial charge on any atom is -0.359 e. The van der Waals surface area contributed by atoms with Gasteiger partial charge in [-0.15, -0.1) is 11.8 Å². The van der Waals surface area contributed by atoms with Crippen LogP contribution in [-0.2, 0) is 11.3 Å². The number of amides is 1. The molecule has 1 amide bonds. The van der Waals surface area contributed by atoms with E-state index in [1.165, 1.54) is 6.07 Å². The highest BCUT2D eigenvalue weighted by atomic mass is 32.2. The fourth-order valence-electron chi connectivity index (χ4n) is 3.22. The van der Waals surface area contributed by atoms with Crippen LogP contribution in [0, 0.1) is 5.82 Å². The summed E-state index contributed by atoms with van der Waals surface area (Å²) in [7, 11) is 1.94. The maximum absolute atomic E-state index is 14.6. The van der Waals surface area contributed by atoms with Crippen molar-refractivity contribution >= 4 is 23.5 Å². The van der Waals surface area contributed by atoms with Crippen molar-refractivity contribution in [2.45, 2.75) is 25.1 Å². The molecule has 6 nitrogen and oxygen atoms in total. The lowest BCUT2D eigenvalue weighted by molar-refractivity contribution is -0.117. The molecule has 1 aromatic carbocycles. The number of amidine groups is 1. The zero-order valence-corrected chi connectivity index (χ0v) is 16.6. The Morgan fingerprint density at radius 2 is 2.29 bits per heavy atom. The highest BCUT2D eigenvalue weighted by molar-refractivity contribution is 8.04. The number of hydrogen-bond donors (Lipinski definition) is 1. The van der Waals surface area contributed by atoms with Crippen molar-refractivity contribution in [2.24, 2.45) is 4.99 Å². The molecule has 0 spiro atoms. The van der Waals surface area contributed by atoms with Crippen LogP contribution in [-0.4, -0.2) is 47.2 Å². The molecule has 2 aromatic rings. The van der Waals surface area contributed by atoms with Crippen LogP contribution in [0.4, 0.5) is 4.39 Å². The lowest BCUT2D eigenvalue weighted by Gasteiger charge is -2.14. The molecular weight excluding hydrogens is 379 g/mol. The molecular formula is C20H21FN4O2S. The molecule has 2 aliphatic rings. The minimum atomic E-state index is -0.383. The van der Waals surface area contributed by atoms with Crippen LogP contribution in [0.15, 0.2) is 44.8 Å². The fraction of sp³-hybridized carbons (Fsp3) is 0.350. The molecule has 0 fully saturated rings. The van der Waals surface area contributed by atoms with E-state index in [4.69, 9.17) is 4.52 Å². The number of hydrogen-bond acceptors (Lipinski definition) is 6. The molecule has 2 aliphatic heterocycles. The first-order valence-electron chi connectivity index (χ1n) is 9.18. The van der Waals surface area contributed by atoms with E-state index in [1.54, 1.807) is 23.9 Å². The second kappa shape index (κ2) is 7.79. The Bertz CT molecular complexity index is 969. The summed E-state index contributed by atoms with van der Waals surface area (Å²) in [5.41, 5.74) is 1.50. The van der Waals surface area contributed by atoms with E-state index in [9.17, 15) is 9.18 Å². The normalized spacial score (nSPS) is 19.0. The van der Waals surface area contributed by atoms with Gasteiger partial charge in [0.25, 0.3) is 5.91 Å². The van der Waals surface area contributed by atoms with Crippen LogP contribution in [0.5, 0.6) is 0 Å². The molecule has 3 heterocycles. The zero-order chi connectivity index (χ0) is 19.7. The lowest BCUT2D eigenvalue weighted by Crippen LogP contribution is -2.23. The third-order valence-corrected chi connectivity index (χ3v) is 5.93. The van der Waals surface area contributed by atoms with E-state index in [0.29, 0.717) is 22.3 Å². The van der Waals surface area contributed by atoms with E-state index in [-0.39, 0.29) is 18.3 Å². The molecule has 1 aromatic heterocycles. The van der Waals surface area contributed by atoms with E-state index in [0.717, 1.165) is 35.8 Å². The molecule has 4 rings (SSSR count). The molecule has 0 aliphatic carbocycles. The molecule has 0 radical (unpaired) electrons. The Balaban J connectivity index is 1.43. The van der Waals surface area contributed by atoms with Crippen LogP contribution in [0.25, 0.3) is 11.3 Å². The van der Waals surface area contributed by atoms with Crippen molar-refractivity contribution in [2.75, 3.05) is 20.1 Å². The number of carbonyl (C=O) groups is 1. The zero-order valence-electron chi connectivity index (χ0n) is 15.7. The van der Waals surface area contributed by atoms with Gasteiger partial charge >= 0.3 is 0 Å². The molecule has 1 atom stereocenters. The SMILES string of the molecule is CC1CC=C(C(=O)NCc2cc(-c3ccc(C4=NCCN4C)cc3F)no2)S1. The Morgan fingerprint density at radius 3 is 2.96 bits per heavy atom. The Labute approximate surface area is 166 Å². The summed E-state index contributed by atoms with van der Waals surface area (Å²) in [5.74, 6) is 0.765. The molecule has 0 saturated heterocycles. The number of aliphatic imine (C=N–C) groups is 1. The number of allylic oxidation sites excluding steroid dienone is 1. The quantitative estimate of drug-likeness (QED) is 0.835. The van der Waals surface area contributed by atoms with Crippen LogP contribution in [0.3, 0.4) is 0 Å². The highest BCUT2D eigenvalue weighted by Gasteiger charge is 2.20. The smallest absolute Gasteiger partial charge is 0.257 e. The van der Waals surface area contributed by atoms with Gasteiger partial charge in [0.2, 0.25) is 0 Å². The summed E-state index contributed by atoms with van der Waals surface area (Å²) in [6.45, 7) is 3.86. The van der Waals surface area contributed by atoms with Crippen LogP contribution in [0.2, 0.25) is 0 Å². The fourth-order valence-corrected chi connectivity index (χ4v) is 4.21. The molecule has 146 valence electrons. The first-order chi connectivity index (χ1) is 13.5. The first-order valence-corrected chi connectivity index (χ1v) is 10.1. The summed E-state index contributed by atoms with van der Waals surface area (Å²) in [5, 5.41) is 7.19. The number of carbonyl (C=O) groups excluding carboxylic acids is 1. The van der Waals surface area contributed by atoms with Crippen molar-refractivity contribution in [3.63, 3.8) is 0 Å². The van der Waals surface area contributed by atoms with Gasteiger partial charge in [-0.3, -0.25) is 9.79 Å². The number of nitrogens with zero attached hydrogens (tertiary/aromatic N) is 3. The van der Waals surface area contributed by atoms with Crippen LogP contribution < -0.4 is 5.32 Å². The van der Waals surface area contributed by atoms with Crippen LogP contribution >= 0.6 is 11.8 Å². The summed E-state index contributed by atoms with van der Waals surface area (Å²) < 4.78 is 19.9. The standard InChI is InChI=1S/C20H21FN4O2S/c1-12-3-6-18(28-12)20(26)23-11-14-10-17(24-27-14)15-5-4-13(9-16(15)21)19-22-7-8-25(19)2/h4-6,9-10,12H,3,7-8,11H2,1-2H3,(H,23,26). The number of nitrogens with one attached hydrogen (secondary N) is 1. The lowest BCUT2D eigenvalue weighted by atomic mass is 10.1. The van der Waals surface area contributed by atoms with E-state index < -0.39 is 0 Å². The van der Waals surface area contributed by atoms with Gasteiger partial charge < -0.3 is 14.7 Å². The first kappa shape index (κ1) is 18.7. The summed E-state index contributed by atoms with van der Waals surface area (Å²) in [6.07, 6.45) is 2.84. The minimum absolute atomic E-state index is 0.121. The number of likely N-dealkylation sites (N-methyl/N-ethyl adjacent to an activating group) is 1. The monoisotopic (exact) mass is 400 g/mol. The molecule has 28 heavy (non-hydrogen) atoms. The average molecular weight is 400 g/mol. The molecule has 8 heteroatoms. The third-order valence-electron chi connectivity index (χ3n) is 4.73. The van der Waals surface area contributed by atoms with Crippen molar-refractivity contribution < 1.29 is 13.7 Å². The summed E-state index contributed by atoms with van der Waals surface area (Å²) in [4.78, 5) is 19.3. The van der Waals surface area contributed by atoms with E-state index >= 15 is 0 Å². The molecule has 0 saturated carbocycles. The maximum atomic E-state index is 14.6. The van der Waals surface area contributed by atoms with Crippen molar-refractivity contribution in [3.8, 4) is 11.3 Å². The second-order valence-electron chi connectivity index (χ2n) is 6.92. The largest absolute Gasteiger partial charge is 0.359 e. The van der Waals surface area contributed by atoms with Crippen molar-refractivity contribution in [1.29, 1.82) is 0 Å². The number of benzene rings is 1. The number of rotatable bonds is 5. The molecule has 0 bridgehead atoms. The van der Waals surface area contributed by atoms with Crippen molar-refractivity contribution in [3.05, 3.63) is 52.4 Å². The van der Waals surface area contributed by atoms with E-state index in [2.05, 4.69) is 22.4 Å². The van der Waals surface area contributed by atoms with Gasteiger partial charge in [0.15, 0.2) is 5.76 Å².